The highest BCUT2D eigenvalue weighted by molar-refractivity contribution is 9.10. The molecule has 4 rings (SSSR count). The molecule has 1 amide bonds. The van der Waals surface area contributed by atoms with Crippen LogP contribution in [0.1, 0.15) is 18.1 Å². The van der Waals surface area contributed by atoms with Crippen molar-refractivity contribution in [3.63, 3.8) is 0 Å². The summed E-state index contributed by atoms with van der Waals surface area (Å²) in [4.78, 5) is 31.3. The molecule has 1 aliphatic rings. The zero-order valence-corrected chi connectivity index (χ0v) is 21.8. The van der Waals surface area contributed by atoms with Crippen LogP contribution in [-0.2, 0) is 16.1 Å². The van der Waals surface area contributed by atoms with Gasteiger partial charge in [-0.1, -0.05) is 48.5 Å². The van der Waals surface area contributed by atoms with Crippen LogP contribution < -0.4 is 9.47 Å². The maximum absolute atomic E-state index is 13.5. The number of hydrogen-bond donors (Lipinski definition) is 1. The first-order valence-electron chi connectivity index (χ1n) is 11.1. The van der Waals surface area contributed by atoms with E-state index >= 15 is 0 Å². The van der Waals surface area contributed by atoms with Crippen LogP contribution in [0.5, 0.6) is 11.5 Å². The summed E-state index contributed by atoms with van der Waals surface area (Å²) >= 11 is 4.74. The molecule has 0 spiro atoms. The third kappa shape index (κ3) is 6.35. The number of amidine groups is 1. The summed E-state index contributed by atoms with van der Waals surface area (Å²) in [5.41, 5.74) is 2.45. The van der Waals surface area contributed by atoms with Crippen molar-refractivity contribution in [2.24, 2.45) is 4.99 Å². The minimum atomic E-state index is -1.09. The smallest absolute Gasteiger partial charge is 0.341 e. The summed E-state index contributed by atoms with van der Waals surface area (Å²) in [6.45, 7) is 2.08. The van der Waals surface area contributed by atoms with Gasteiger partial charge in [0.1, 0.15) is 0 Å². The van der Waals surface area contributed by atoms with E-state index in [1.54, 1.807) is 23.1 Å². The molecule has 3 aromatic rings. The van der Waals surface area contributed by atoms with Gasteiger partial charge in [-0.05, 0) is 76.1 Å². The van der Waals surface area contributed by atoms with Crippen molar-refractivity contribution in [1.29, 1.82) is 0 Å². The number of carbonyl (C=O) groups is 2. The van der Waals surface area contributed by atoms with Gasteiger partial charge in [0.15, 0.2) is 23.3 Å². The molecule has 9 heteroatoms. The number of aliphatic imine (C=N–C) groups is 1. The monoisotopic (exact) mass is 566 g/mol. The van der Waals surface area contributed by atoms with Crippen molar-refractivity contribution < 1.29 is 24.2 Å². The predicted molar refractivity (Wildman–Crippen MR) is 145 cm³/mol. The molecule has 1 aliphatic heterocycles. The first-order valence-corrected chi connectivity index (χ1v) is 12.8. The zero-order chi connectivity index (χ0) is 25.5. The highest BCUT2D eigenvalue weighted by Crippen LogP contribution is 2.40. The first-order chi connectivity index (χ1) is 17.4. The number of benzene rings is 3. The van der Waals surface area contributed by atoms with E-state index in [1.165, 1.54) is 11.8 Å². The summed E-state index contributed by atoms with van der Waals surface area (Å²) in [7, 11) is 0. The maximum atomic E-state index is 13.5. The van der Waals surface area contributed by atoms with E-state index in [4.69, 9.17) is 19.6 Å². The number of aliphatic carboxylic acids is 1. The number of nitrogens with zero attached hydrogens (tertiary/aromatic N) is 2. The Morgan fingerprint density at radius 1 is 1.08 bits per heavy atom. The summed E-state index contributed by atoms with van der Waals surface area (Å²) in [5, 5.41) is 9.56. The zero-order valence-electron chi connectivity index (χ0n) is 19.4. The van der Waals surface area contributed by atoms with Crippen LogP contribution in [0.25, 0.3) is 6.08 Å². The molecule has 1 fully saturated rings. The van der Waals surface area contributed by atoms with Crippen molar-refractivity contribution in [3.05, 3.63) is 93.3 Å². The van der Waals surface area contributed by atoms with E-state index in [0.29, 0.717) is 44.8 Å². The molecule has 7 nitrogen and oxygen atoms in total. The van der Waals surface area contributed by atoms with E-state index in [9.17, 15) is 9.59 Å². The van der Waals surface area contributed by atoms with Crippen LogP contribution >= 0.6 is 27.7 Å². The van der Waals surface area contributed by atoms with Gasteiger partial charge < -0.3 is 14.6 Å². The molecule has 0 saturated carbocycles. The van der Waals surface area contributed by atoms with Gasteiger partial charge >= 0.3 is 5.97 Å². The number of halogens is 1. The third-order valence-corrected chi connectivity index (χ3v) is 6.62. The number of thioether (sulfide) groups is 1. The molecular weight excluding hydrogens is 544 g/mol. The molecule has 1 saturated heterocycles. The lowest BCUT2D eigenvalue weighted by Gasteiger charge is -2.15. The van der Waals surface area contributed by atoms with Crippen molar-refractivity contribution in [2.45, 2.75) is 13.5 Å². The number of carboxylic acid groups (broad SMARTS) is 1. The third-order valence-electron chi connectivity index (χ3n) is 5.02. The molecule has 0 aliphatic carbocycles. The second-order valence-corrected chi connectivity index (χ2v) is 9.53. The van der Waals surface area contributed by atoms with E-state index < -0.39 is 12.6 Å². The lowest BCUT2D eigenvalue weighted by atomic mass is 10.1. The Bertz CT molecular complexity index is 1310. The maximum Gasteiger partial charge on any atom is 0.341 e. The Hall–Kier alpha value is -3.56. The van der Waals surface area contributed by atoms with E-state index in [-0.39, 0.29) is 5.91 Å². The van der Waals surface area contributed by atoms with Crippen molar-refractivity contribution >= 4 is 56.5 Å². The second kappa shape index (κ2) is 11.9. The normalized spacial score (nSPS) is 15.5. The number of para-hydroxylation sites is 1. The minimum Gasteiger partial charge on any atom is -0.490 e. The largest absolute Gasteiger partial charge is 0.490 e. The Kier molecular flexibility index (Phi) is 8.45. The predicted octanol–water partition coefficient (Wildman–Crippen LogP) is 6.12. The minimum absolute atomic E-state index is 0.154. The lowest BCUT2D eigenvalue weighted by molar-refractivity contribution is -0.139. The second-order valence-electron chi connectivity index (χ2n) is 7.66. The fraction of sp³-hybridized carbons (Fsp3) is 0.148. The SMILES string of the molecule is CCOc1cc(/C=C2/SC(=Nc3ccccc3)N(Cc3ccccc3)C2=O)cc(Br)c1OCC(=O)O. The van der Waals surface area contributed by atoms with Crippen molar-refractivity contribution in [3.8, 4) is 11.5 Å². The molecule has 3 aromatic carbocycles. The Balaban J connectivity index is 1.69. The number of carbonyl (C=O) groups excluding carboxylic acids is 1. The van der Waals surface area contributed by atoms with Crippen LogP contribution in [0.2, 0.25) is 0 Å². The van der Waals surface area contributed by atoms with Crippen molar-refractivity contribution in [2.75, 3.05) is 13.2 Å². The fourth-order valence-electron chi connectivity index (χ4n) is 3.47. The van der Waals surface area contributed by atoms with Crippen LogP contribution in [0.15, 0.2) is 87.2 Å². The molecule has 0 aromatic heterocycles. The van der Waals surface area contributed by atoms with Gasteiger partial charge in [0.25, 0.3) is 5.91 Å². The highest BCUT2D eigenvalue weighted by atomic mass is 79.9. The van der Waals surface area contributed by atoms with Crippen LogP contribution in [0.3, 0.4) is 0 Å². The molecule has 36 heavy (non-hydrogen) atoms. The van der Waals surface area contributed by atoms with Gasteiger partial charge in [0.05, 0.1) is 28.2 Å². The van der Waals surface area contributed by atoms with Gasteiger partial charge in [-0.2, -0.15) is 0 Å². The van der Waals surface area contributed by atoms with E-state index in [2.05, 4.69) is 15.9 Å². The van der Waals surface area contributed by atoms with E-state index in [0.717, 1.165) is 11.3 Å². The van der Waals surface area contributed by atoms with E-state index in [1.807, 2.05) is 67.6 Å². The number of ether oxygens (including phenoxy) is 2. The fourth-order valence-corrected chi connectivity index (χ4v) is 5.04. The van der Waals surface area contributed by atoms with Crippen LogP contribution in [-0.4, -0.2) is 40.3 Å². The van der Waals surface area contributed by atoms with Gasteiger partial charge in [-0.3, -0.25) is 9.69 Å². The van der Waals surface area contributed by atoms with Crippen LogP contribution in [0, 0.1) is 0 Å². The Morgan fingerprint density at radius 2 is 1.78 bits per heavy atom. The molecule has 0 atom stereocenters. The summed E-state index contributed by atoms with van der Waals surface area (Å²) in [6.07, 6.45) is 1.77. The number of rotatable bonds is 9. The summed E-state index contributed by atoms with van der Waals surface area (Å²) in [6, 6.07) is 22.7. The quantitative estimate of drug-likeness (QED) is 0.314. The first kappa shape index (κ1) is 25.5. The molecular formula is C27H23BrN2O5S. The molecule has 184 valence electrons. The number of carboxylic acids is 1. The van der Waals surface area contributed by atoms with Gasteiger partial charge in [-0.15, -0.1) is 0 Å². The topological polar surface area (TPSA) is 88.4 Å². The molecule has 1 heterocycles. The average molecular weight is 567 g/mol. The molecule has 1 N–H and O–H groups in total. The van der Waals surface area contributed by atoms with Crippen LogP contribution in [0.4, 0.5) is 5.69 Å². The molecule has 0 unspecified atom stereocenters. The van der Waals surface area contributed by atoms with Gasteiger partial charge in [0.2, 0.25) is 0 Å². The summed E-state index contributed by atoms with van der Waals surface area (Å²) < 4.78 is 11.6. The standard InChI is InChI=1S/C27H23BrN2O5S/c1-2-34-22-14-19(13-21(28)25(22)35-17-24(31)32)15-23-26(33)30(16-18-9-5-3-6-10-18)27(36-23)29-20-11-7-4-8-12-20/h3-15H,2,16-17H2,1H3,(H,31,32)/b23-15+,29-27?. The summed E-state index contributed by atoms with van der Waals surface area (Å²) in [5.74, 6) is -0.565. The average Bonchev–Trinajstić information content (AvgIpc) is 3.13. The Morgan fingerprint density at radius 3 is 2.44 bits per heavy atom. The number of amides is 1. The highest BCUT2D eigenvalue weighted by Gasteiger charge is 2.33. The number of hydrogen-bond acceptors (Lipinski definition) is 6. The lowest BCUT2D eigenvalue weighted by Crippen LogP contribution is -2.28. The van der Waals surface area contributed by atoms with Gasteiger partial charge in [0, 0.05) is 0 Å². The Labute approximate surface area is 221 Å². The molecule has 0 bridgehead atoms. The molecule has 0 radical (unpaired) electrons. The van der Waals surface area contributed by atoms with Crippen molar-refractivity contribution in [1.82, 2.24) is 4.90 Å². The van der Waals surface area contributed by atoms with Gasteiger partial charge in [-0.25, -0.2) is 9.79 Å².